The Hall–Kier alpha value is -1.59. The number of anilines is 1. The minimum atomic E-state index is -0.434. The van der Waals surface area contributed by atoms with Crippen molar-refractivity contribution >= 4 is 29.1 Å². The number of hydrogen-bond acceptors (Lipinski definition) is 3. The van der Waals surface area contributed by atoms with Gasteiger partial charge in [-0.25, -0.2) is 0 Å². The number of rotatable bonds is 3. The summed E-state index contributed by atoms with van der Waals surface area (Å²) < 4.78 is 0. The third-order valence-corrected chi connectivity index (χ3v) is 6.06. The fourth-order valence-electron chi connectivity index (χ4n) is 4.51. The van der Waals surface area contributed by atoms with Crippen molar-refractivity contribution in [3.63, 3.8) is 0 Å². The lowest BCUT2D eigenvalue weighted by atomic mass is 9.85. The van der Waals surface area contributed by atoms with E-state index in [2.05, 4.69) is 10.6 Å². The first-order valence-electron chi connectivity index (χ1n) is 9.25. The lowest BCUT2D eigenvalue weighted by Crippen LogP contribution is -2.49. The van der Waals surface area contributed by atoms with E-state index in [0.717, 1.165) is 12.1 Å². The monoisotopic (exact) mass is 361 g/mol. The Bertz CT molecular complexity index is 666. The molecule has 2 N–H and O–H groups in total. The van der Waals surface area contributed by atoms with E-state index in [1.807, 2.05) is 12.1 Å². The summed E-state index contributed by atoms with van der Waals surface area (Å²) >= 11 is 6.02. The Labute approximate surface area is 153 Å². The molecule has 1 saturated carbocycles. The largest absolute Gasteiger partial charge is 0.343 e. The second-order valence-electron chi connectivity index (χ2n) is 7.43. The minimum Gasteiger partial charge on any atom is -0.343 e. The average molecular weight is 362 g/mol. The lowest BCUT2D eigenvalue weighted by Gasteiger charge is -2.24. The molecule has 0 radical (unpaired) electrons. The molecule has 1 aromatic rings. The molecule has 4 unspecified atom stereocenters. The number of amides is 2. The molecule has 2 heterocycles. The molecule has 6 heteroatoms. The number of carbonyl (C=O) groups excluding carboxylic acids is 2. The number of nitrogens with one attached hydrogen (secondary N) is 2. The van der Waals surface area contributed by atoms with Crippen molar-refractivity contribution in [1.82, 2.24) is 10.6 Å². The average Bonchev–Trinajstić information content (AvgIpc) is 3.19. The summed E-state index contributed by atoms with van der Waals surface area (Å²) in [5.74, 6) is 0.540. The van der Waals surface area contributed by atoms with Gasteiger partial charge in [-0.1, -0.05) is 30.5 Å². The Morgan fingerprint density at radius 2 is 2.08 bits per heavy atom. The van der Waals surface area contributed by atoms with Gasteiger partial charge in [-0.3, -0.25) is 9.59 Å². The third-order valence-electron chi connectivity index (χ3n) is 5.82. The molecular weight excluding hydrogens is 338 g/mol. The molecule has 134 valence electrons. The summed E-state index contributed by atoms with van der Waals surface area (Å²) in [5, 5.41) is 7.05. The maximum absolute atomic E-state index is 12.7. The number of carbonyl (C=O) groups is 2. The Morgan fingerprint density at radius 1 is 1.24 bits per heavy atom. The van der Waals surface area contributed by atoms with Gasteiger partial charge in [0.25, 0.3) is 0 Å². The zero-order chi connectivity index (χ0) is 17.4. The highest BCUT2D eigenvalue weighted by atomic mass is 35.5. The normalized spacial score (nSPS) is 31.9. The predicted octanol–water partition coefficient (Wildman–Crippen LogP) is 2.48. The number of benzene rings is 1. The van der Waals surface area contributed by atoms with Crippen molar-refractivity contribution < 1.29 is 9.59 Å². The van der Waals surface area contributed by atoms with Crippen molar-refractivity contribution in [3.8, 4) is 0 Å². The third kappa shape index (κ3) is 3.40. The van der Waals surface area contributed by atoms with Crippen LogP contribution in [0.1, 0.15) is 38.5 Å². The number of halogens is 1. The van der Waals surface area contributed by atoms with E-state index in [9.17, 15) is 9.59 Å². The van der Waals surface area contributed by atoms with Crippen LogP contribution in [-0.4, -0.2) is 36.5 Å². The zero-order valence-electron chi connectivity index (χ0n) is 14.2. The molecule has 0 spiro atoms. The summed E-state index contributed by atoms with van der Waals surface area (Å²) in [7, 11) is 0. The standard InChI is InChI=1S/C19H24ClN3O2/c20-13-5-3-6-14(11-13)23-9-8-16(19(23)25)22-18(24)17-10-12-4-1-2-7-15(12)21-17/h3,5-6,11-12,15-17,21H,1-2,4,7-10H2,(H,22,24). The minimum absolute atomic E-state index is 0.0271. The Balaban J connectivity index is 1.37. The van der Waals surface area contributed by atoms with E-state index in [1.165, 1.54) is 25.7 Å². The number of fused-ring (bicyclic) bond motifs is 1. The molecule has 0 aromatic heterocycles. The Kier molecular flexibility index (Phi) is 4.69. The van der Waals surface area contributed by atoms with E-state index < -0.39 is 6.04 Å². The smallest absolute Gasteiger partial charge is 0.249 e. The molecule has 1 aromatic carbocycles. The molecule has 4 atom stereocenters. The quantitative estimate of drug-likeness (QED) is 0.869. The van der Waals surface area contributed by atoms with Gasteiger partial charge in [0.15, 0.2) is 0 Å². The van der Waals surface area contributed by atoms with Crippen LogP contribution in [0.2, 0.25) is 5.02 Å². The summed E-state index contributed by atoms with van der Waals surface area (Å²) in [6, 6.07) is 7.17. The molecule has 2 amide bonds. The fourth-order valence-corrected chi connectivity index (χ4v) is 4.69. The van der Waals surface area contributed by atoms with Gasteiger partial charge in [0.05, 0.1) is 6.04 Å². The molecule has 25 heavy (non-hydrogen) atoms. The highest BCUT2D eigenvalue weighted by Crippen LogP contribution is 2.33. The van der Waals surface area contributed by atoms with Crippen molar-refractivity contribution in [2.45, 2.75) is 56.7 Å². The maximum atomic E-state index is 12.7. The molecule has 1 aliphatic carbocycles. The lowest BCUT2D eigenvalue weighted by molar-refractivity contribution is -0.127. The molecule has 3 aliphatic rings. The summed E-state index contributed by atoms with van der Waals surface area (Å²) in [5.41, 5.74) is 0.791. The molecule has 3 fully saturated rings. The van der Waals surface area contributed by atoms with Gasteiger partial charge in [-0.05, 0) is 49.8 Å². The summed E-state index contributed by atoms with van der Waals surface area (Å²) in [6.07, 6.45) is 6.43. The highest BCUT2D eigenvalue weighted by molar-refractivity contribution is 6.31. The van der Waals surface area contributed by atoms with Crippen LogP contribution in [0.3, 0.4) is 0 Å². The number of hydrogen-bond donors (Lipinski definition) is 2. The maximum Gasteiger partial charge on any atom is 0.249 e. The van der Waals surface area contributed by atoms with Gasteiger partial charge in [-0.15, -0.1) is 0 Å². The Morgan fingerprint density at radius 3 is 2.88 bits per heavy atom. The first-order valence-corrected chi connectivity index (χ1v) is 9.63. The van der Waals surface area contributed by atoms with Crippen LogP contribution >= 0.6 is 11.6 Å². The van der Waals surface area contributed by atoms with Gasteiger partial charge < -0.3 is 15.5 Å². The molecule has 4 rings (SSSR count). The topological polar surface area (TPSA) is 61.4 Å². The van der Waals surface area contributed by atoms with E-state index >= 15 is 0 Å². The molecule has 0 bridgehead atoms. The van der Waals surface area contributed by atoms with E-state index in [1.54, 1.807) is 17.0 Å². The molecular formula is C19H24ClN3O2. The number of nitrogens with zero attached hydrogens (tertiary/aromatic N) is 1. The van der Waals surface area contributed by atoms with Gasteiger partial charge in [0.2, 0.25) is 11.8 Å². The summed E-state index contributed by atoms with van der Waals surface area (Å²) in [6.45, 7) is 0.605. The molecule has 5 nitrogen and oxygen atoms in total. The van der Waals surface area contributed by atoms with Crippen LogP contribution in [-0.2, 0) is 9.59 Å². The highest BCUT2D eigenvalue weighted by Gasteiger charge is 2.40. The van der Waals surface area contributed by atoms with Crippen LogP contribution in [0.25, 0.3) is 0 Å². The first-order chi connectivity index (χ1) is 12.1. The predicted molar refractivity (Wildman–Crippen MR) is 97.6 cm³/mol. The molecule has 2 saturated heterocycles. The van der Waals surface area contributed by atoms with Gasteiger partial charge in [-0.2, -0.15) is 0 Å². The van der Waals surface area contributed by atoms with Crippen molar-refractivity contribution in [2.24, 2.45) is 5.92 Å². The van der Waals surface area contributed by atoms with Crippen LogP contribution < -0.4 is 15.5 Å². The van der Waals surface area contributed by atoms with Crippen LogP contribution in [0, 0.1) is 5.92 Å². The second-order valence-corrected chi connectivity index (χ2v) is 7.86. The SMILES string of the molecule is O=C(NC1CCN(c2cccc(Cl)c2)C1=O)C1CC2CCCCC2N1. The van der Waals surface area contributed by atoms with E-state index in [4.69, 9.17) is 11.6 Å². The van der Waals surface area contributed by atoms with Gasteiger partial charge >= 0.3 is 0 Å². The van der Waals surface area contributed by atoms with Crippen LogP contribution in [0.4, 0.5) is 5.69 Å². The van der Waals surface area contributed by atoms with E-state index in [0.29, 0.717) is 29.9 Å². The van der Waals surface area contributed by atoms with Crippen molar-refractivity contribution in [1.29, 1.82) is 0 Å². The van der Waals surface area contributed by atoms with Gasteiger partial charge in [0, 0.05) is 23.3 Å². The van der Waals surface area contributed by atoms with E-state index in [-0.39, 0.29) is 17.9 Å². The zero-order valence-corrected chi connectivity index (χ0v) is 15.0. The molecule has 2 aliphatic heterocycles. The van der Waals surface area contributed by atoms with Crippen LogP contribution in [0.15, 0.2) is 24.3 Å². The van der Waals surface area contributed by atoms with Crippen molar-refractivity contribution in [3.05, 3.63) is 29.3 Å². The second kappa shape index (κ2) is 6.96. The summed E-state index contributed by atoms with van der Waals surface area (Å²) in [4.78, 5) is 27.0. The van der Waals surface area contributed by atoms with Gasteiger partial charge in [0.1, 0.15) is 6.04 Å². The fraction of sp³-hybridized carbons (Fsp3) is 0.579. The van der Waals surface area contributed by atoms with Crippen molar-refractivity contribution in [2.75, 3.05) is 11.4 Å². The first kappa shape index (κ1) is 16.9. The van der Waals surface area contributed by atoms with Crippen LogP contribution in [0.5, 0.6) is 0 Å².